The summed E-state index contributed by atoms with van der Waals surface area (Å²) in [5.74, 6) is 0.299. The Morgan fingerprint density at radius 2 is 2.18 bits per heavy atom. The molecule has 2 rings (SSSR count). The van der Waals surface area contributed by atoms with Crippen molar-refractivity contribution in [3.8, 4) is 0 Å². The van der Waals surface area contributed by atoms with Crippen molar-refractivity contribution in [2.75, 3.05) is 13.1 Å². The molecule has 17 heavy (non-hydrogen) atoms. The third kappa shape index (κ3) is 3.19. The SMILES string of the molecule is CC1(O)CCCN(C(=O)C2CCCC(N)C2)C1. The predicted molar refractivity (Wildman–Crippen MR) is 66.4 cm³/mol. The average Bonchev–Trinajstić information content (AvgIpc) is 2.26. The summed E-state index contributed by atoms with van der Waals surface area (Å²) in [6.07, 6.45) is 5.57. The molecule has 1 heterocycles. The topological polar surface area (TPSA) is 66.6 Å². The zero-order valence-corrected chi connectivity index (χ0v) is 10.7. The number of nitrogens with two attached hydrogens (primary N) is 1. The molecule has 98 valence electrons. The fourth-order valence-electron chi connectivity index (χ4n) is 3.12. The molecule has 3 atom stereocenters. The van der Waals surface area contributed by atoms with Crippen molar-refractivity contribution < 1.29 is 9.90 Å². The molecule has 2 fully saturated rings. The second kappa shape index (κ2) is 4.94. The van der Waals surface area contributed by atoms with Crippen LogP contribution >= 0.6 is 0 Å². The number of piperidine rings is 1. The minimum atomic E-state index is -0.704. The molecule has 0 aromatic heterocycles. The van der Waals surface area contributed by atoms with E-state index in [2.05, 4.69) is 0 Å². The molecular weight excluding hydrogens is 216 g/mol. The molecule has 4 nitrogen and oxygen atoms in total. The standard InChI is InChI=1S/C13H24N2O2/c1-13(17)6-3-7-15(9-13)12(16)10-4-2-5-11(14)8-10/h10-11,17H,2-9,14H2,1H3. The van der Waals surface area contributed by atoms with E-state index in [0.29, 0.717) is 6.54 Å². The maximum Gasteiger partial charge on any atom is 0.225 e. The number of aliphatic hydroxyl groups is 1. The molecule has 0 aromatic carbocycles. The summed E-state index contributed by atoms with van der Waals surface area (Å²) >= 11 is 0. The maximum absolute atomic E-state index is 12.3. The summed E-state index contributed by atoms with van der Waals surface area (Å²) in [6, 6.07) is 0.183. The minimum Gasteiger partial charge on any atom is -0.388 e. The zero-order valence-electron chi connectivity index (χ0n) is 10.7. The van der Waals surface area contributed by atoms with Gasteiger partial charge in [-0.05, 0) is 39.0 Å². The van der Waals surface area contributed by atoms with E-state index in [1.54, 1.807) is 0 Å². The monoisotopic (exact) mass is 240 g/mol. The predicted octanol–water partition coefficient (Wildman–Crippen LogP) is 0.877. The zero-order chi connectivity index (χ0) is 12.5. The molecule has 1 aliphatic carbocycles. The summed E-state index contributed by atoms with van der Waals surface area (Å²) in [6.45, 7) is 3.09. The molecule has 3 unspecified atom stereocenters. The van der Waals surface area contributed by atoms with Crippen LogP contribution in [-0.2, 0) is 4.79 Å². The smallest absolute Gasteiger partial charge is 0.225 e. The number of hydrogen-bond acceptors (Lipinski definition) is 3. The Bertz CT molecular complexity index is 291. The molecule has 1 amide bonds. The second-order valence-electron chi connectivity index (χ2n) is 5.98. The summed E-state index contributed by atoms with van der Waals surface area (Å²) in [5, 5.41) is 10.0. The third-order valence-corrected chi connectivity index (χ3v) is 4.05. The van der Waals surface area contributed by atoms with Gasteiger partial charge in [0.2, 0.25) is 5.91 Å². The number of hydrogen-bond donors (Lipinski definition) is 2. The Morgan fingerprint density at radius 3 is 2.82 bits per heavy atom. The molecule has 0 bridgehead atoms. The van der Waals surface area contributed by atoms with E-state index in [1.165, 1.54) is 0 Å². The number of nitrogens with zero attached hydrogens (tertiary/aromatic N) is 1. The van der Waals surface area contributed by atoms with Gasteiger partial charge in [0.05, 0.1) is 5.60 Å². The lowest BCUT2D eigenvalue weighted by Crippen LogP contribution is -2.51. The van der Waals surface area contributed by atoms with Gasteiger partial charge in [0.25, 0.3) is 0 Å². The van der Waals surface area contributed by atoms with Crippen LogP contribution < -0.4 is 5.73 Å². The van der Waals surface area contributed by atoms with Crippen LogP contribution in [0, 0.1) is 5.92 Å². The highest BCUT2D eigenvalue weighted by Crippen LogP contribution is 2.28. The first-order valence-electron chi connectivity index (χ1n) is 6.75. The molecule has 1 saturated carbocycles. The van der Waals surface area contributed by atoms with Crippen LogP contribution in [0.15, 0.2) is 0 Å². The van der Waals surface area contributed by atoms with Crippen LogP contribution in [0.5, 0.6) is 0 Å². The summed E-state index contributed by atoms with van der Waals surface area (Å²) in [5.41, 5.74) is 5.22. The fraction of sp³-hybridized carbons (Fsp3) is 0.923. The number of amides is 1. The van der Waals surface area contributed by atoms with Crippen molar-refractivity contribution in [3.05, 3.63) is 0 Å². The lowest BCUT2D eigenvalue weighted by molar-refractivity contribution is -0.143. The third-order valence-electron chi connectivity index (χ3n) is 4.05. The van der Waals surface area contributed by atoms with E-state index < -0.39 is 5.60 Å². The van der Waals surface area contributed by atoms with Gasteiger partial charge in [-0.1, -0.05) is 6.42 Å². The highest BCUT2D eigenvalue weighted by Gasteiger charge is 2.35. The molecule has 0 aromatic rings. The molecule has 4 heteroatoms. The fourth-order valence-corrected chi connectivity index (χ4v) is 3.12. The molecular formula is C13H24N2O2. The molecule has 3 N–H and O–H groups in total. The molecule has 2 aliphatic rings. The van der Waals surface area contributed by atoms with Crippen molar-refractivity contribution in [1.82, 2.24) is 4.90 Å². The van der Waals surface area contributed by atoms with Gasteiger partial charge in [-0.2, -0.15) is 0 Å². The van der Waals surface area contributed by atoms with Gasteiger partial charge in [-0.3, -0.25) is 4.79 Å². The lowest BCUT2D eigenvalue weighted by atomic mass is 9.84. The summed E-state index contributed by atoms with van der Waals surface area (Å²) < 4.78 is 0. The van der Waals surface area contributed by atoms with Gasteiger partial charge in [-0.15, -0.1) is 0 Å². The Kier molecular flexibility index (Phi) is 3.73. The first-order chi connectivity index (χ1) is 7.98. The summed E-state index contributed by atoms with van der Waals surface area (Å²) in [7, 11) is 0. The van der Waals surface area contributed by atoms with Crippen molar-refractivity contribution >= 4 is 5.91 Å². The highest BCUT2D eigenvalue weighted by atomic mass is 16.3. The summed E-state index contributed by atoms with van der Waals surface area (Å²) in [4.78, 5) is 14.2. The normalized spacial score (nSPS) is 39.1. The number of rotatable bonds is 1. The Balaban J connectivity index is 1.94. The van der Waals surface area contributed by atoms with Gasteiger partial charge in [-0.25, -0.2) is 0 Å². The van der Waals surface area contributed by atoms with Crippen LogP contribution in [0.4, 0.5) is 0 Å². The van der Waals surface area contributed by atoms with Gasteiger partial charge >= 0.3 is 0 Å². The van der Waals surface area contributed by atoms with Crippen LogP contribution in [0.3, 0.4) is 0 Å². The van der Waals surface area contributed by atoms with Gasteiger partial charge < -0.3 is 15.7 Å². The van der Waals surface area contributed by atoms with Crippen molar-refractivity contribution in [2.45, 2.75) is 57.1 Å². The Hall–Kier alpha value is -0.610. The first kappa shape index (κ1) is 12.8. The van der Waals surface area contributed by atoms with E-state index >= 15 is 0 Å². The lowest BCUT2D eigenvalue weighted by Gasteiger charge is -2.39. The average molecular weight is 240 g/mol. The van der Waals surface area contributed by atoms with Gasteiger partial charge in [0, 0.05) is 25.0 Å². The number of likely N-dealkylation sites (tertiary alicyclic amines) is 1. The van der Waals surface area contributed by atoms with Gasteiger partial charge in [0.1, 0.15) is 0 Å². The largest absolute Gasteiger partial charge is 0.388 e. The highest BCUT2D eigenvalue weighted by molar-refractivity contribution is 5.79. The molecule has 1 aliphatic heterocycles. The number of carbonyl (C=O) groups is 1. The number of β-amino-alcohol motifs (C(OH)–C–C–N with tert-alkyl or cyclic N) is 1. The molecule has 0 radical (unpaired) electrons. The maximum atomic E-state index is 12.3. The van der Waals surface area contributed by atoms with E-state index in [1.807, 2.05) is 11.8 Å². The van der Waals surface area contributed by atoms with E-state index in [0.717, 1.165) is 45.1 Å². The Morgan fingerprint density at radius 1 is 1.41 bits per heavy atom. The van der Waals surface area contributed by atoms with Crippen LogP contribution in [-0.4, -0.2) is 40.6 Å². The number of carbonyl (C=O) groups excluding carboxylic acids is 1. The van der Waals surface area contributed by atoms with Crippen LogP contribution in [0.25, 0.3) is 0 Å². The van der Waals surface area contributed by atoms with Crippen molar-refractivity contribution in [3.63, 3.8) is 0 Å². The Labute approximate surface area is 103 Å². The van der Waals surface area contributed by atoms with Crippen molar-refractivity contribution in [2.24, 2.45) is 11.7 Å². The van der Waals surface area contributed by atoms with E-state index in [9.17, 15) is 9.90 Å². The minimum absolute atomic E-state index is 0.0904. The van der Waals surface area contributed by atoms with Crippen LogP contribution in [0.2, 0.25) is 0 Å². The first-order valence-corrected chi connectivity index (χ1v) is 6.75. The van der Waals surface area contributed by atoms with E-state index in [4.69, 9.17) is 5.73 Å². The van der Waals surface area contributed by atoms with E-state index in [-0.39, 0.29) is 17.9 Å². The molecule has 1 saturated heterocycles. The van der Waals surface area contributed by atoms with Gasteiger partial charge in [0.15, 0.2) is 0 Å². The van der Waals surface area contributed by atoms with Crippen molar-refractivity contribution in [1.29, 1.82) is 0 Å². The second-order valence-corrected chi connectivity index (χ2v) is 5.98. The van der Waals surface area contributed by atoms with Crippen LogP contribution in [0.1, 0.15) is 45.4 Å². The quantitative estimate of drug-likeness (QED) is 0.715. The molecule has 0 spiro atoms.